The Kier molecular flexibility index (Phi) is 6.76. The molecule has 0 unspecified atom stereocenters. The first-order valence-corrected chi connectivity index (χ1v) is 10.6. The number of carbonyl (C=O) groups is 2. The molecular weight excluding hydrogens is 420 g/mol. The van der Waals surface area contributed by atoms with Gasteiger partial charge in [0.05, 0.1) is 0 Å². The van der Waals surface area contributed by atoms with Crippen molar-refractivity contribution in [3.8, 4) is 17.2 Å². The average Bonchev–Trinajstić information content (AvgIpc) is 3.08. The van der Waals surface area contributed by atoms with E-state index in [-0.39, 0.29) is 11.5 Å². The minimum Gasteiger partial charge on any atom is -0.508 e. The average molecular weight is 439 g/mol. The third kappa shape index (κ3) is 5.00. The molecule has 152 valence electrons. The van der Waals surface area contributed by atoms with E-state index >= 15 is 0 Å². The van der Waals surface area contributed by atoms with Crippen molar-refractivity contribution in [2.24, 2.45) is 0 Å². The van der Waals surface area contributed by atoms with Gasteiger partial charge in [-0.15, -0.1) is 23.1 Å². The minimum atomic E-state index is -1.02. The lowest BCUT2D eigenvalue weighted by atomic mass is 10.1. The molecule has 0 fully saturated rings. The van der Waals surface area contributed by atoms with Crippen molar-refractivity contribution in [1.29, 1.82) is 0 Å². The summed E-state index contributed by atoms with van der Waals surface area (Å²) in [6, 6.07) is 11.7. The molecule has 0 aliphatic carbocycles. The molecular formula is C23H18O5S2. The molecule has 5 nitrogen and oxygen atoms in total. The number of ether oxygens (including phenoxy) is 1. The van der Waals surface area contributed by atoms with Gasteiger partial charge in [-0.2, -0.15) is 0 Å². The molecule has 0 spiro atoms. The number of carboxylic acids is 1. The number of allylic oxidation sites excluding steroid dienone is 1. The predicted molar refractivity (Wildman–Crippen MR) is 123 cm³/mol. The van der Waals surface area contributed by atoms with Crippen molar-refractivity contribution >= 4 is 51.0 Å². The van der Waals surface area contributed by atoms with E-state index in [0.29, 0.717) is 27.5 Å². The zero-order valence-corrected chi connectivity index (χ0v) is 17.6. The van der Waals surface area contributed by atoms with Gasteiger partial charge in [0, 0.05) is 21.7 Å². The maximum absolute atomic E-state index is 13.0. The van der Waals surface area contributed by atoms with Gasteiger partial charge in [0.1, 0.15) is 16.4 Å². The summed E-state index contributed by atoms with van der Waals surface area (Å²) >= 11 is 2.58. The third-order valence-electron chi connectivity index (χ3n) is 4.05. The largest absolute Gasteiger partial charge is 0.508 e. The van der Waals surface area contributed by atoms with Crippen LogP contribution in [0.4, 0.5) is 0 Å². The molecule has 0 aliphatic rings. The molecule has 0 aliphatic heterocycles. The Morgan fingerprint density at radius 1 is 1.17 bits per heavy atom. The number of aromatic hydroxyl groups is 1. The number of carbonyl (C=O) groups excluding carboxylic acids is 1. The Morgan fingerprint density at radius 2 is 1.90 bits per heavy atom. The second-order valence-electron chi connectivity index (χ2n) is 6.22. The van der Waals surface area contributed by atoms with Gasteiger partial charge in [0.15, 0.2) is 5.75 Å². The number of aliphatic carboxylic acids is 1. The van der Waals surface area contributed by atoms with Gasteiger partial charge < -0.3 is 14.9 Å². The number of ketones is 1. The van der Waals surface area contributed by atoms with Crippen LogP contribution in [-0.4, -0.2) is 22.0 Å². The quantitative estimate of drug-likeness (QED) is 0.310. The highest BCUT2D eigenvalue weighted by molar-refractivity contribution is 8.04. The van der Waals surface area contributed by atoms with Crippen molar-refractivity contribution < 1.29 is 24.5 Å². The normalized spacial score (nSPS) is 11.7. The molecule has 0 saturated heterocycles. The standard InChI is InChI=1S/C23H18O5S2/c1-3-29-13-14(2)21(27)23-22(18-10-7-16(24)12-19(18)30-23)28-17-8-4-15(5-9-17)6-11-20(25)26/h3-13,24H,1H2,2H3,(H,25,26)/b11-6+,14-13+. The molecule has 0 atom stereocenters. The van der Waals surface area contributed by atoms with E-state index in [0.717, 1.165) is 16.2 Å². The Hall–Kier alpha value is -3.29. The summed E-state index contributed by atoms with van der Waals surface area (Å²) in [6.07, 6.45) is 2.54. The number of thioether (sulfide) groups is 1. The number of Topliss-reactive ketones (excluding diaryl/α,β-unsaturated/α-hetero) is 1. The maximum Gasteiger partial charge on any atom is 0.328 e. The number of thiophene rings is 1. The first kappa shape index (κ1) is 21.4. The van der Waals surface area contributed by atoms with Gasteiger partial charge in [-0.3, -0.25) is 4.79 Å². The number of phenolic OH excluding ortho intramolecular Hbond substituents is 1. The Balaban J connectivity index is 2.00. The second kappa shape index (κ2) is 9.47. The van der Waals surface area contributed by atoms with Crippen LogP contribution in [0.2, 0.25) is 0 Å². The van der Waals surface area contributed by atoms with Crippen LogP contribution in [0.3, 0.4) is 0 Å². The van der Waals surface area contributed by atoms with E-state index in [1.54, 1.807) is 60.2 Å². The number of phenols is 1. The SMILES string of the molecule is C=CS/C=C(\C)C(=O)c1sc2cc(O)ccc2c1Oc1ccc(/C=C/C(=O)O)cc1. The minimum absolute atomic E-state index is 0.110. The first-order valence-electron chi connectivity index (χ1n) is 8.81. The topological polar surface area (TPSA) is 83.8 Å². The molecule has 1 heterocycles. The third-order valence-corrected chi connectivity index (χ3v) is 5.87. The molecule has 3 aromatic rings. The zero-order chi connectivity index (χ0) is 21.7. The summed E-state index contributed by atoms with van der Waals surface area (Å²) < 4.78 is 6.81. The van der Waals surface area contributed by atoms with Gasteiger partial charge in [-0.25, -0.2) is 4.79 Å². The maximum atomic E-state index is 13.0. The highest BCUT2D eigenvalue weighted by Crippen LogP contribution is 2.42. The summed E-state index contributed by atoms with van der Waals surface area (Å²) in [6.45, 7) is 5.36. The van der Waals surface area contributed by atoms with Gasteiger partial charge >= 0.3 is 5.97 Å². The van der Waals surface area contributed by atoms with Crippen LogP contribution in [0.5, 0.6) is 17.2 Å². The van der Waals surface area contributed by atoms with Gasteiger partial charge in [-0.1, -0.05) is 18.7 Å². The lowest BCUT2D eigenvalue weighted by Crippen LogP contribution is -1.99. The van der Waals surface area contributed by atoms with E-state index in [2.05, 4.69) is 6.58 Å². The number of hydrogen-bond donors (Lipinski definition) is 2. The number of rotatable bonds is 8. The van der Waals surface area contributed by atoms with Crippen LogP contribution in [0.25, 0.3) is 16.2 Å². The van der Waals surface area contributed by atoms with Crippen LogP contribution >= 0.6 is 23.1 Å². The fourth-order valence-electron chi connectivity index (χ4n) is 2.63. The number of fused-ring (bicyclic) bond motifs is 1. The molecule has 0 saturated carbocycles. The fourth-order valence-corrected chi connectivity index (χ4v) is 4.20. The molecule has 0 bridgehead atoms. The predicted octanol–water partition coefficient (Wildman–Crippen LogP) is 6.46. The lowest BCUT2D eigenvalue weighted by molar-refractivity contribution is -0.131. The van der Waals surface area contributed by atoms with E-state index in [1.165, 1.54) is 29.2 Å². The molecule has 2 N–H and O–H groups in total. The molecule has 0 radical (unpaired) electrons. The summed E-state index contributed by atoms with van der Waals surface area (Å²) in [5.74, 6) is -0.152. The van der Waals surface area contributed by atoms with Crippen molar-refractivity contribution in [3.05, 3.63) is 81.9 Å². The van der Waals surface area contributed by atoms with Gasteiger partial charge in [0.25, 0.3) is 0 Å². The zero-order valence-electron chi connectivity index (χ0n) is 16.0. The molecule has 0 amide bonds. The fraction of sp³-hybridized carbons (Fsp3) is 0.0435. The van der Waals surface area contributed by atoms with Crippen molar-refractivity contribution in [3.63, 3.8) is 0 Å². The summed E-state index contributed by atoms with van der Waals surface area (Å²) in [5, 5.41) is 22.6. The van der Waals surface area contributed by atoms with Gasteiger partial charge in [-0.05, 0) is 59.7 Å². The Bertz CT molecular complexity index is 1170. The second-order valence-corrected chi connectivity index (χ2v) is 8.11. The van der Waals surface area contributed by atoms with Crippen LogP contribution < -0.4 is 4.74 Å². The van der Waals surface area contributed by atoms with Crippen LogP contribution in [0.15, 0.2) is 71.5 Å². The number of carboxylic acid groups (broad SMARTS) is 1. The summed E-state index contributed by atoms with van der Waals surface area (Å²) in [7, 11) is 0. The lowest BCUT2D eigenvalue weighted by Gasteiger charge is -2.08. The number of benzene rings is 2. The first-order chi connectivity index (χ1) is 14.4. The highest BCUT2D eigenvalue weighted by atomic mass is 32.2. The molecule has 3 rings (SSSR count). The Labute approximate surface area is 181 Å². The Morgan fingerprint density at radius 3 is 2.57 bits per heavy atom. The molecule has 30 heavy (non-hydrogen) atoms. The van der Waals surface area contributed by atoms with Crippen LogP contribution in [0, 0.1) is 0 Å². The van der Waals surface area contributed by atoms with Crippen molar-refractivity contribution in [2.45, 2.75) is 6.92 Å². The van der Waals surface area contributed by atoms with Gasteiger partial charge in [0.2, 0.25) is 5.78 Å². The van der Waals surface area contributed by atoms with Crippen LogP contribution in [0.1, 0.15) is 22.2 Å². The summed E-state index contributed by atoms with van der Waals surface area (Å²) in [5.41, 5.74) is 1.26. The molecule has 7 heteroatoms. The molecule has 2 aromatic carbocycles. The highest BCUT2D eigenvalue weighted by Gasteiger charge is 2.22. The molecule has 1 aromatic heterocycles. The van der Waals surface area contributed by atoms with Crippen LogP contribution in [-0.2, 0) is 4.79 Å². The van der Waals surface area contributed by atoms with E-state index in [9.17, 15) is 14.7 Å². The van der Waals surface area contributed by atoms with Crippen molar-refractivity contribution in [2.75, 3.05) is 0 Å². The summed E-state index contributed by atoms with van der Waals surface area (Å²) in [4.78, 5) is 24.1. The van der Waals surface area contributed by atoms with Crippen molar-refractivity contribution in [1.82, 2.24) is 0 Å². The number of hydrogen-bond acceptors (Lipinski definition) is 6. The monoisotopic (exact) mass is 438 g/mol. The van der Waals surface area contributed by atoms with E-state index in [4.69, 9.17) is 9.84 Å². The van der Waals surface area contributed by atoms with E-state index in [1.807, 2.05) is 0 Å². The smallest absolute Gasteiger partial charge is 0.328 e. The van der Waals surface area contributed by atoms with E-state index < -0.39 is 5.97 Å².